The number of carbonyl (C=O) groups is 1. The maximum Gasteiger partial charge on any atom is 0.397 e. The van der Waals surface area contributed by atoms with E-state index < -0.39 is 66.9 Å². The molecular formula is C28H35F4NO6S2. The number of amides is 1. The number of ether oxygens (including phenoxy) is 1. The molecule has 0 N–H and O–H groups in total. The Labute approximate surface area is 238 Å². The molecule has 1 aliphatic heterocycles. The molecule has 3 rings (SSSR count). The van der Waals surface area contributed by atoms with Crippen LogP contribution in [0.2, 0.25) is 0 Å². The molecule has 0 aliphatic carbocycles. The zero-order valence-electron chi connectivity index (χ0n) is 23.6. The number of nitrogens with zero attached hydrogens (tertiary/aromatic N) is 1. The summed E-state index contributed by atoms with van der Waals surface area (Å²) in [7, 11) is -7.84. The Morgan fingerprint density at radius 1 is 0.927 bits per heavy atom. The molecule has 0 spiro atoms. The Bertz CT molecular complexity index is 1500. The third-order valence-corrected chi connectivity index (χ3v) is 11.5. The lowest BCUT2D eigenvalue weighted by molar-refractivity contribution is -0.177. The third kappa shape index (κ3) is 6.87. The monoisotopic (exact) mass is 621 g/mol. The van der Waals surface area contributed by atoms with Gasteiger partial charge in [-0.05, 0) is 62.9 Å². The summed E-state index contributed by atoms with van der Waals surface area (Å²) in [6, 6.07) is 7.93. The lowest BCUT2D eigenvalue weighted by Gasteiger charge is -2.40. The van der Waals surface area contributed by atoms with Crippen LogP contribution in [0.1, 0.15) is 69.3 Å². The van der Waals surface area contributed by atoms with Gasteiger partial charge in [-0.15, -0.1) is 0 Å². The van der Waals surface area contributed by atoms with E-state index in [9.17, 15) is 39.2 Å². The van der Waals surface area contributed by atoms with Crippen molar-refractivity contribution in [2.75, 3.05) is 19.3 Å². The Morgan fingerprint density at radius 2 is 1.54 bits per heavy atom. The zero-order valence-corrected chi connectivity index (χ0v) is 25.2. The Kier molecular flexibility index (Phi) is 9.25. The van der Waals surface area contributed by atoms with Crippen LogP contribution in [-0.2, 0) is 25.6 Å². The lowest BCUT2D eigenvalue weighted by atomic mass is 9.85. The van der Waals surface area contributed by atoms with E-state index in [0.29, 0.717) is 0 Å². The van der Waals surface area contributed by atoms with E-state index in [1.54, 1.807) is 0 Å². The van der Waals surface area contributed by atoms with E-state index >= 15 is 0 Å². The van der Waals surface area contributed by atoms with Gasteiger partial charge < -0.3 is 9.64 Å². The second-order valence-electron chi connectivity index (χ2n) is 10.8. The predicted molar refractivity (Wildman–Crippen MR) is 146 cm³/mol. The summed E-state index contributed by atoms with van der Waals surface area (Å²) < 4.78 is 111. The van der Waals surface area contributed by atoms with Gasteiger partial charge in [-0.1, -0.05) is 26.0 Å². The smallest absolute Gasteiger partial charge is 0.397 e. The molecule has 13 heteroatoms. The second-order valence-corrected chi connectivity index (χ2v) is 15.3. The SMILES string of the molecule is CCC(F)(F)Oc1cc(S(C)(=O)=O)ccc1C(=O)N1CCC(C(C)(C)S(=O)(=O)c2cccc(C(F)(F)CC)c2)CC1. The molecule has 0 bridgehead atoms. The van der Waals surface area contributed by atoms with Crippen LogP contribution < -0.4 is 4.74 Å². The topological polar surface area (TPSA) is 97.8 Å². The largest absolute Gasteiger partial charge is 0.432 e. The van der Waals surface area contributed by atoms with Crippen LogP contribution in [0, 0.1) is 5.92 Å². The van der Waals surface area contributed by atoms with Gasteiger partial charge in [0.2, 0.25) is 0 Å². The maximum absolute atomic E-state index is 14.3. The molecule has 0 saturated carbocycles. The molecule has 7 nitrogen and oxygen atoms in total. The van der Waals surface area contributed by atoms with E-state index in [0.717, 1.165) is 30.5 Å². The van der Waals surface area contributed by atoms with Crippen LogP contribution >= 0.6 is 0 Å². The standard InChI is InChI=1S/C28H35F4NO6S2/c1-6-27(29,30)20-9-8-10-22(17-20)41(37,38)26(3,4)19-13-15-33(16-14-19)25(34)23-12-11-21(40(5,35)36)18-24(23)39-28(31,32)7-2/h8-12,17-19H,6-7,13-16H2,1-5H3. The van der Waals surface area contributed by atoms with Crippen LogP contribution in [0.5, 0.6) is 5.75 Å². The van der Waals surface area contributed by atoms with Crippen molar-refractivity contribution < 1.29 is 43.9 Å². The predicted octanol–water partition coefficient (Wildman–Crippen LogP) is 6.08. The van der Waals surface area contributed by atoms with Crippen LogP contribution in [0.15, 0.2) is 52.3 Å². The van der Waals surface area contributed by atoms with Gasteiger partial charge in [-0.25, -0.2) is 25.6 Å². The normalized spacial score (nSPS) is 16.1. The molecule has 228 valence electrons. The molecule has 1 fully saturated rings. The first-order chi connectivity index (χ1) is 18.8. The Balaban J connectivity index is 1.84. The number of likely N-dealkylation sites (tertiary alicyclic amines) is 1. The average molecular weight is 622 g/mol. The highest BCUT2D eigenvalue weighted by Crippen LogP contribution is 2.40. The summed E-state index contributed by atoms with van der Waals surface area (Å²) >= 11 is 0. The second kappa shape index (κ2) is 11.5. The van der Waals surface area contributed by atoms with Gasteiger partial charge in [-0.2, -0.15) is 8.78 Å². The fourth-order valence-corrected chi connectivity index (χ4v) is 7.25. The Morgan fingerprint density at radius 3 is 2.07 bits per heavy atom. The number of benzene rings is 2. The van der Waals surface area contributed by atoms with Crippen molar-refractivity contribution in [3.05, 3.63) is 53.6 Å². The maximum atomic E-state index is 14.3. The number of piperidine rings is 1. The fraction of sp³-hybridized carbons (Fsp3) is 0.536. The zero-order chi connectivity index (χ0) is 31.0. The van der Waals surface area contributed by atoms with Gasteiger partial charge in [0.15, 0.2) is 19.7 Å². The van der Waals surface area contributed by atoms with Crippen LogP contribution in [-0.4, -0.2) is 57.8 Å². The minimum absolute atomic E-state index is 0.0911. The highest BCUT2D eigenvalue weighted by atomic mass is 32.2. The third-order valence-electron chi connectivity index (χ3n) is 7.75. The summed E-state index contributed by atoms with van der Waals surface area (Å²) in [4.78, 5) is 14.2. The van der Waals surface area contributed by atoms with Gasteiger partial charge in [0.1, 0.15) is 5.75 Å². The molecule has 0 atom stereocenters. The van der Waals surface area contributed by atoms with Gasteiger partial charge in [-0.3, -0.25) is 4.79 Å². The summed E-state index contributed by atoms with van der Waals surface area (Å²) in [5, 5.41) is 0. The first-order valence-electron chi connectivity index (χ1n) is 13.2. The van der Waals surface area contributed by atoms with Crippen LogP contribution in [0.3, 0.4) is 0 Å². The molecule has 2 aromatic rings. The van der Waals surface area contributed by atoms with Gasteiger partial charge >= 0.3 is 6.11 Å². The van der Waals surface area contributed by atoms with E-state index in [1.165, 1.54) is 50.8 Å². The number of carbonyl (C=O) groups excluding carboxylic acids is 1. The van der Waals surface area contributed by atoms with Crippen molar-refractivity contribution in [3.8, 4) is 5.75 Å². The molecule has 1 aliphatic rings. The molecule has 2 aromatic carbocycles. The van der Waals surface area contributed by atoms with E-state index in [2.05, 4.69) is 0 Å². The number of alkyl halides is 4. The van der Waals surface area contributed by atoms with Crippen molar-refractivity contribution >= 4 is 25.6 Å². The van der Waals surface area contributed by atoms with Crippen molar-refractivity contribution in [3.63, 3.8) is 0 Å². The number of hydrogen-bond donors (Lipinski definition) is 0. The van der Waals surface area contributed by atoms with Gasteiger partial charge in [0.25, 0.3) is 11.8 Å². The van der Waals surface area contributed by atoms with E-state index in [4.69, 9.17) is 4.74 Å². The fourth-order valence-electron chi connectivity index (χ4n) is 4.79. The van der Waals surface area contributed by atoms with Crippen molar-refractivity contribution in [1.82, 2.24) is 4.90 Å². The molecular weight excluding hydrogens is 586 g/mol. The molecule has 0 unspecified atom stereocenters. The summed E-state index contributed by atoms with van der Waals surface area (Å²) in [5.41, 5.74) is -0.629. The molecule has 1 amide bonds. The van der Waals surface area contributed by atoms with E-state index in [1.807, 2.05) is 0 Å². The average Bonchev–Trinajstić information content (AvgIpc) is 2.92. The first-order valence-corrected chi connectivity index (χ1v) is 16.6. The molecule has 1 saturated heterocycles. The van der Waals surface area contributed by atoms with Crippen LogP contribution in [0.25, 0.3) is 0 Å². The van der Waals surface area contributed by atoms with E-state index in [-0.39, 0.29) is 46.8 Å². The number of hydrogen-bond acceptors (Lipinski definition) is 6. The van der Waals surface area contributed by atoms with Crippen molar-refractivity contribution in [1.29, 1.82) is 0 Å². The molecule has 0 aromatic heterocycles. The lowest BCUT2D eigenvalue weighted by Crippen LogP contribution is -2.47. The van der Waals surface area contributed by atoms with Crippen molar-refractivity contribution in [2.24, 2.45) is 5.92 Å². The minimum atomic E-state index is -4.06. The molecule has 0 radical (unpaired) electrons. The quantitative estimate of drug-likeness (QED) is 0.299. The minimum Gasteiger partial charge on any atom is -0.432 e. The highest BCUT2D eigenvalue weighted by molar-refractivity contribution is 7.92. The van der Waals surface area contributed by atoms with Crippen molar-refractivity contribution in [2.45, 2.75) is 79.9 Å². The Hall–Kier alpha value is -2.67. The molecule has 41 heavy (non-hydrogen) atoms. The highest BCUT2D eigenvalue weighted by Gasteiger charge is 2.45. The first kappa shape index (κ1) is 32.8. The number of rotatable bonds is 10. The molecule has 1 heterocycles. The number of halogens is 4. The van der Waals surface area contributed by atoms with Crippen LogP contribution in [0.4, 0.5) is 17.6 Å². The van der Waals surface area contributed by atoms with Gasteiger partial charge in [0, 0.05) is 37.8 Å². The van der Waals surface area contributed by atoms with Gasteiger partial charge in [0.05, 0.1) is 20.1 Å². The summed E-state index contributed by atoms with van der Waals surface area (Å²) in [5.74, 6) is -4.86. The summed E-state index contributed by atoms with van der Waals surface area (Å²) in [6.45, 7) is 5.72. The number of sulfone groups is 2. The summed E-state index contributed by atoms with van der Waals surface area (Å²) in [6.07, 6.45) is -3.45.